The molecular formula is C44H44N12O8. The topological polar surface area (TPSA) is 254 Å². The largest absolute Gasteiger partial charge is 0.374 e. The van der Waals surface area contributed by atoms with Crippen molar-refractivity contribution in [2.45, 2.75) is 38.4 Å². The molecule has 2 atom stereocenters. The molecule has 0 spiro atoms. The second-order valence-corrected chi connectivity index (χ2v) is 14.4. The maximum absolute atomic E-state index is 13.5. The van der Waals surface area contributed by atoms with E-state index in [9.17, 15) is 28.8 Å². The number of carbonyl (C=O) groups is 6. The molecule has 2 aromatic heterocycles. The summed E-state index contributed by atoms with van der Waals surface area (Å²) in [6, 6.07) is 29.2. The molecular weight excluding hydrogens is 825 g/mol. The predicted octanol–water partition coefficient (Wildman–Crippen LogP) is 0.657. The molecule has 4 aromatic carbocycles. The zero-order valence-electron chi connectivity index (χ0n) is 34.3. The molecule has 0 aliphatic carbocycles. The van der Waals surface area contributed by atoms with Crippen molar-refractivity contribution < 1.29 is 38.2 Å². The first-order valence-electron chi connectivity index (χ1n) is 20.2. The number of hydrogen-bond acceptors (Lipinski definition) is 12. The molecule has 0 saturated carbocycles. The molecule has 20 heteroatoms. The first-order valence-corrected chi connectivity index (χ1v) is 20.2. The van der Waals surface area contributed by atoms with Gasteiger partial charge in [0.05, 0.1) is 87.5 Å². The average molecular weight is 869 g/mol. The summed E-state index contributed by atoms with van der Waals surface area (Å²) in [6.45, 7) is -1.26. The van der Waals surface area contributed by atoms with Gasteiger partial charge in [-0.05, 0) is 35.4 Å². The van der Waals surface area contributed by atoms with Gasteiger partial charge in [-0.15, -0.1) is 10.2 Å². The molecule has 6 amide bonds. The van der Waals surface area contributed by atoms with Crippen LogP contribution in [0.1, 0.15) is 43.2 Å². The zero-order valence-corrected chi connectivity index (χ0v) is 34.3. The van der Waals surface area contributed by atoms with E-state index in [1.165, 1.54) is 21.8 Å². The third-order valence-corrected chi connectivity index (χ3v) is 9.67. The highest BCUT2D eigenvalue weighted by Crippen LogP contribution is 2.16. The number of aromatic nitrogens is 6. The van der Waals surface area contributed by atoms with Crippen molar-refractivity contribution in [3.05, 3.63) is 155 Å². The van der Waals surface area contributed by atoms with Crippen LogP contribution in [0, 0.1) is 0 Å². The Kier molecular flexibility index (Phi) is 14.9. The number of nitrogens with zero attached hydrogens (tertiary/aromatic N) is 6. The highest BCUT2D eigenvalue weighted by molar-refractivity contribution is 6.00. The van der Waals surface area contributed by atoms with E-state index < -0.39 is 60.6 Å². The van der Waals surface area contributed by atoms with E-state index in [0.717, 1.165) is 11.1 Å². The van der Waals surface area contributed by atoms with Crippen LogP contribution in [0.25, 0.3) is 11.4 Å². The summed E-state index contributed by atoms with van der Waals surface area (Å²) in [5.41, 5.74) is 3.31. The van der Waals surface area contributed by atoms with Crippen LogP contribution in [-0.2, 0) is 55.0 Å². The quantitative estimate of drug-likeness (QED) is 0.123. The normalized spacial score (nSPS) is 16.9. The molecule has 1 aliphatic heterocycles. The van der Waals surface area contributed by atoms with E-state index in [1.807, 2.05) is 60.7 Å². The molecule has 0 saturated heterocycles. The maximum atomic E-state index is 13.5. The Bertz CT molecular complexity index is 2410. The predicted molar refractivity (Wildman–Crippen MR) is 227 cm³/mol. The number of carbonyl (C=O) groups excluding carboxylic acids is 6. The highest BCUT2D eigenvalue weighted by atomic mass is 16.5. The average Bonchev–Trinajstić information content (AvgIpc) is 4.01. The van der Waals surface area contributed by atoms with E-state index in [4.69, 9.17) is 9.47 Å². The number of ether oxygens (including phenoxy) is 2. The second-order valence-electron chi connectivity index (χ2n) is 14.4. The number of hydrogen-bond donors (Lipinski definition) is 6. The summed E-state index contributed by atoms with van der Waals surface area (Å²) in [4.78, 5) is 80.6. The molecule has 7 rings (SSSR count). The van der Waals surface area contributed by atoms with Crippen LogP contribution < -0.4 is 31.9 Å². The van der Waals surface area contributed by atoms with Crippen LogP contribution in [0.4, 0.5) is 0 Å². The molecule has 1 aliphatic rings. The number of amides is 6. The zero-order chi connectivity index (χ0) is 44.7. The Labute approximate surface area is 366 Å². The van der Waals surface area contributed by atoms with Crippen LogP contribution in [0.15, 0.2) is 122 Å². The number of para-hydroxylation sites is 2. The van der Waals surface area contributed by atoms with Crippen LogP contribution in [0.5, 0.6) is 0 Å². The monoisotopic (exact) mass is 868 g/mol. The molecule has 20 nitrogen and oxygen atoms in total. The summed E-state index contributed by atoms with van der Waals surface area (Å²) in [7, 11) is 0. The van der Waals surface area contributed by atoms with Gasteiger partial charge in [0.25, 0.3) is 11.8 Å². The summed E-state index contributed by atoms with van der Waals surface area (Å²) >= 11 is 0. The van der Waals surface area contributed by atoms with Gasteiger partial charge >= 0.3 is 0 Å². The Morgan fingerprint density at radius 2 is 0.875 bits per heavy atom. The minimum Gasteiger partial charge on any atom is -0.374 e. The van der Waals surface area contributed by atoms with Crippen molar-refractivity contribution in [3.63, 3.8) is 0 Å². The molecule has 6 N–H and O–H groups in total. The van der Waals surface area contributed by atoms with Crippen molar-refractivity contribution in [2.75, 3.05) is 26.3 Å². The fourth-order valence-electron chi connectivity index (χ4n) is 6.43. The van der Waals surface area contributed by atoms with Crippen molar-refractivity contribution in [3.8, 4) is 11.4 Å². The minimum absolute atomic E-state index is 0.111. The van der Waals surface area contributed by atoms with E-state index in [0.29, 0.717) is 22.8 Å². The lowest BCUT2D eigenvalue weighted by atomic mass is 10.1. The van der Waals surface area contributed by atoms with E-state index in [1.54, 1.807) is 48.5 Å². The van der Waals surface area contributed by atoms with Gasteiger partial charge in [0.1, 0.15) is 23.5 Å². The number of fused-ring (bicyclic) bond motifs is 8. The summed E-state index contributed by atoms with van der Waals surface area (Å²) < 4.78 is 14.3. The number of rotatable bonds is 8. The van der Waals surface area contributed by atoms with Crippen LogP contribution >= 0.6 is 0 Å². The van der Waals surface area contributed by atoms with Gasteiger partial charge < -0.3 is 41.4 Å². The van der Waals surface area contributed by atoms with E-state index in [2.05, 4.69) is 52.5 Å². The van der Waals surface area contributed by atoms with Crippen LogP contribution in [-0.4, -0.2) is 104 Å². The van der Waals surface area contributed by atoms with Crippen molar-refractivity contribution >= 4 is 35.4 Å². The van der Waals surface area contributed by atoms with Gasteiger partial charge in [-0.25, -0.2) is 9.36 Å². The molecule has 0 fully saturated rings. The lowest BCUT2D eigenvalue weighted by Crippen LogP contribution is -2.51. The summed E-state index contributed by atoms with van der Waals surface area (Å²) in [5.74, 6) is -3.74. The molecule has 4 bridgehead atoms. The number of nitrogens with one attached hydrogen (secondary N) is 6. The van der Waals surface area contributed by atoms with Gasteiger partial charge in [-0.3, -0.25) is 28.8 Å². The molecule has 328 valence electrons. The van der Waals surface area contributed by atoms with Gasteiger partial charge in [0.2, 0.25) is 23.6 Å². The standard InChI is InChI=1S/C44H44N12O8/c57-39-21-47-41(59)33-15-7-9-17-37(33)56-24-32(52-54-56)20-46-44(62)36(28-64-26-30-13-5-2-6-14-30)50-40(58)22-48-42(60)34-16-8-10-18-38(34)55-23-31(51-53-55)19-45-43(61)35(49-39)27-63-25-29-11-3-1-4-12-29/h1-18,23-24,35-36H,19-22,25-28H2,(H,45,61)(H,46,62)(H,47,59)(H,48,60)(H,49,57)(H,50,58)/t35-,36-/m0/s1. The first-order chi connectivity index (χ1) is 31.2. The Morgan fingerprint density at radius 1 is 0.484 bits per heavy atom. The Balaban J connectivity index is 1.11. The van der Waals surface area contributed by atoms with E-state index in [-0.39, 0.29) is 50.6 Å². The van der Waals surface area contributed by atoms with Gasteiger partial charge in [0.15, 0.2) is 0 Å². The highest BCUT2D eigenvalue weighted by Gasteiger charge is 2.25. The van der Waals surface area contributed by atoms with Crippen LogP contribution in [0.3, 0.4) is 0 Å². The molecule has 0 radical (unpaired) electrons. The van der Waals surface area contributed by atoms with Crippen molar-refractivity contribution in [1.82, 2.24) is 61.9 Å². The third-order valence-electron chi connectivity index (χ3n) is 9.67. The molecule has 64 heavy (non-hydrogen) atoms. The fourth-order valence-corrected chi connectivity index (χ4v) is 6.43. The van der Waals surface area contributed by atoms with E-state index >= 15 is 0 Å². The lowest BCUT2D eigenvalue weighted by Gasteiger charge is -2.19. The smallest absolute Gasteiger partial charge is 0.253 e. The SMILES string of the molecule is O=C1CNC(=O)c2ccccc2-n2cc(nn2)CNC(=O)[C@H](COCc2ccccc2)NC(=O)CNC(=O)c2ccccc2-n2cc(nn2)CNC(=O)[C@H](COCc2ccccc2)N1. The fraction of sp³-hybridized carbons (Fsp3) is 0.227. The van der Waals surface area contributed by atoms with Gasteiger partial charge in [0, 0.05) is 0 Å². The van der Waals surface area contributed by atoms with Gasteiger partial charge in [-0.1, -0.05) is 95.4 Å². The van der Waals surface area contributed by atoms with Crippen molar-refractivity contribution in [2.24, 2.45) is 0 Å². The molecule has 0 unspecified atom stereocenters. The second kappa shape index (κ2) is 21.6. The molecule has 6 aromatic rings. The Morgan fingerprint density at radius 3 is 1.30 bits per heavy atom. The third kappa shape index (κ3) is 12.0. The van der Waals surface area contributed by atoms with Crippen molar-refractivity contribution in [1.29, 1.82) is 0 Å². The Hall–Kier alpha value is -8.10. The minimum atomic E-state index is -1.17. The number of benzene rings is 4. The summed E-state index contributed by atoms with van der Waals surface area (Å²) in [5, 5.41) is 32.5. The first kappa shape index (κ1) is 44.0. The van der Waals surface area contributed by atoms with Gasteiger partial charge in [-0.2, -0.15) is 0 Å². The molecule has 3 heterocycles. The maximum Gasteiger partial charge on any atom is 0.253 e. The lowest BCUT2D eigenvalue weighted by molar-refractivity contribution is -0.130. The van der Waals surface area contributed by atoms with Crippen LogP contribution in [0.2, 0.25) is 0 Å². The summed E-state index contributed by atoms with van der Waals surface area (Å²) in [6.07, 6.45) is 3.03.